The summed E-state index contributed by atoms with van der Waals surface area (Å²) in [5.41, 5.74) is 5.75. The van der Waals surface area contributed by atoms with Gasteiger partial charge in [0.05, 0.1) is 6.20 Å². The number of carboxylic acid groups (broad SMARTS) is 1. The zero-order valence-electron chi connectivity index (χ0n) is 19.4. The van der Waals surface area contributed by atoms with Gasteiger partial charge in [-0.15, -0.1) is 16.3 Å². The molecule has 4 N–H and O–H groups in total. The fraction of sp³-hybridized carbons (Fsp3) is 0.300. The highest BCUT2D eigenvalue weighted by Gasteiger charge is 2.54. The number of alkyl halides is 3. The number of amides is 2. The lowest BCUT2D eigenvalue weighted by Gasteiger charge is -2.49. The summed E-state index contributed by atoms with van der Waals surface area (Å²) in [6.45, 7) is -1.60. The van der Waals surface area contributed by atoms with Gasteiger partial charge in [0.15, 0.2) is 11.3 Å². The Kier molecular flexibility index (Phi) is 6.85. The Morgan fingerprint density at radius 2 is 2.18 bits per heavy atom. The molecule has 0 radical (unpaired) electrons. The molecule has 3 aromatic rings. The van der Waals surface area contributed by atoms with Crippen molar-refractivity contribution in [1.82, 2.24) is 29.2 Å². The number of β-lactam (4-membered cyclic amide) rings is 1. The van der Waals surface area contributed by atoms with E-state index < -0.39 is 53.5 Å². The average Bonchev–Trinajstić information content (AvgIpc) is 3.50. The number of hydrogen-bond donors (Lipinski definition) is 3. The summed E-state index contributed by atoms with van der Waals surface area (Å²) < 4.78 is 44.7. The summed E-state index contributed by atoms with van der Waals surface area (Å²) in [4.78, 5) is 47.2. The molecular formula is C20H17F3N9O5S2+. The van der Waals surface area contributed by atoms with E-state index >= 15 is 0 Å². The SMILES string of the molecule is Nc1nc(/C(=N/OCC(F)(F)F)C(=O)N[C@@H]2C(=O)N3C(C(=O)O)=C(C[n+]4ccn5ncccc54)CS[C@H]23)ns1. The Morgan fingerprint density at radius 3 is 2.87 bits per heavy atom. The van der Waals surface area contributed by atoms with E-state index in [1.807, 2.05) is 0 Å². The van der Waals surface area contributed by atoms with E-state index in [2.05, 4.69) is 29.8 Å². The molecule has 3 aromatic heterocycles. The minimum Gasteiger partial charge on any atom is -0.477 e. The largest absolute Gasteiger partial charge is 0.477 e. The van der Waals surface area contributed by atoms with E-state index in [4.69, 9.17) is 5.73 Å². The summed E-state index contributed by atoms with van der Waals surface area (Å²) >= 11 is 1.89. The van der Waals surface area contributed by atoms with Crippen LogP contribution in [0.15, 0.2) is 47.1 Å². The maximum atomic E-state index is 13.0. The molecule has 2 amide bonds. The van der Waals surface area contributed by atoms with Crippen LogP contribution in [0.3, 0.4) is 0 Å². The summed E-state index contributed by atoms with van der Waals surface area (Å²) in [6.07, 6.45) is 0.319. The molecule has 0 spiro atoms. The Balaban J connectivity index is 1.35. The smallest absolute Gasteiger partial charge is 0.425 e. The second-order valence-corrected chi connectivity index (χ2v) is 10.0. The summed E-state index contributed by atoms with van der Waals surface area (Å²) in [5.74, 6) is -3.29. The van der Waals surface area contributed by atoms with Crippen LogP contribution in [0.2, 0.25) is 0 Å². The molecule has 204 valence electrons. The number of thioether (sulfide) groups is 1. The van der Waals surface area contributed by atoms with Gasteiger partial charge in [-0.2, -0.15) is 22.5 Å². The number of hydrogen-bond acceptors (Lipinski definition) is 11. The molecule has 39 heavy (non-hydrogen) atoms. The topological polar surface area (TPSA) is 181 Å². The van der Waals surface area contributed by atoms with E-state index in [-0.39, 0.29) is 23.1 Å². The van der Waals surface area contributed by atoms with Crippen LogP contribution in [0, 0.1) is 0 Å². The number of nitrogens with two attached hydrogens (primary N) is 1. The lowest BCUT2D eigenvalue weighted by Crippen LogP contribution is -2.71. The lowest BCUT2D eigenvalue weighted by atomic mass is 10.0. The summed E-state index contributed by atoms with van der Waals surface area (Å²) in [5, 5.41) is 18.8. The summed E-state index contributed by atoms with van der Waals surface area (Å²) in [6, 6.07) is 2.35. The predicted octanol–water partition coefficient (Wildman–Crippen LogP) is -0.223. The average molecular weight is 585 g/mol. The van der Waals surface area contributed by atoms with Crippen LogP contribution >= 0.6 is 23.3 Å². The molecule has 14 nitrogen and oxygen atoms in total. The molecule has 5 heterocycles. The molecule has 5 rings (SSSR count). The summed E-state index contributed by atoms with van der Waals surface area (Å²) in [7, 11) is 0. The highest BCUT2D eigenvalue weighted by molar-refractivity contribution is 8.00. The number of oxime groups is 1. The first-order valence-electron chi connectivity index (χ1n) is 10.9. The van der Waals surface area contributed by atoms with Crippen molar-refractivity contribution < 1.29 is 42.1 Å². The third-order valence-electron chi connectivity index (χ3n) is 5.59. The van der Waals surface area contributed by atoms with Gasteiger partial charge in [0.1, 0.15) is 29.9 Å². The van der Waals surface area contributed by atoms with Crippen molar-refractivity contribution in [3.8, 4) is 0 Å². The Labute approximate surface area is 224 Å². The normalized spacial score (nSPS) is 19.6. The van der Waals surface area contributed by atoms with E-state index in [1.54, 1.807) is 39.8 Å². The molecule has 0 unspecified atom stereocenters. The van der Waals surface area contributed by atoms with Crippen LogP contribution in [-0.4, -0.2) is 82.4 Å². The number of nitrogens with zero attached hydrogens (tertiary/aromatic N) is 7. The first kappa shape index (κ1) is 26.4. The van der Waals surface area contributed by atoms with E-state index in [0.29, 0.717) is 22.8 Å². The molecule has 2 aliphatic rings. The minimum atomic E-state index is -4.72. The van der Waals surface area contributed by atoms with Crippen LogP contribution in [0.5, 0.6) is 0 Å². The number of aliphatic carboxylic acids is 1. The highest BCUT2D eigenvalue weighted by atomic mass is 32.2. The van der Waals surface area contributed by atoms with Crippen molar-refractivity contribution in [2.24, 2.45) is 5.16 Å². The standard InChI is InChI=1S/C20H16F3N9O5S2/c21-20(22,23)8-37-28-11(14-27-19(24)39-29-14)15(33)26-12-16(34)32-13(18(35)36)9(7-38-17(12)32)6-30-4-5-31-10(30)2-1-3-25-31/h1-5,12,17H,6-8H2,(H3-,24,26,27,29,33,35,36)/p+1/b28-11-/t12-,17-/m1/s1. The van der Waals surface area contributed by atoms with Gasteiger partial charge < -0.3 is 21.0 Å². The molecular weight excluding hydrogens is 567 g/mol. The van der Waals surface area contributed by atoms with E-state index in [1.165, 1.54) is 11.8 Å². The Bertz CT molecular complexity index is 1540. The number of aromatic nitrogens is 5. The van der Waals surface area contributed by atoms with Gasteiger partial charge in [-0.05, 0) is 6.07 Å². The van der Waals surface area contributed by atoms with Crippen LogP contribution in [0.25, 0.3) is 5.65 Å². The number of rotatable bonds is 8. The predicted molar refractivity (Wildman–Crippen MR) is 128 cm³/mol. The van der Waals surface area contributed by atoms with Gasteiger partial charge in [0.2, 0.25) is 18.1 Å². The fourth-order valence-electron chi connectivity index (χ4n) is 3.98. The zero-order chi connectivity index (χ0) is 27.9. The number of halogens is 3. The lowest BCUT2D eigenvalue weighted by molar-refractivity contribution is -0.662. The van der Waals surface area contributed by atoms with Crippen LogP contribution < -0.4 is 15.6 Å². The molecule has 2 atom stereocenters. The third-order valence-corrected chi connectivity index (χ3v) is 7.47. The molecule has 0 aromatic carbocycles. The second-order valence-electron chi connectivity index (χ2n) is 8.16. The maximum absolute atomic E-state index is 13.0. The number of imidazole rings is 1. The molecule has 0 bridgehead atoms. The molecule has 19 heteroatoms. The molecule has 1 fully saturated rings. The van der Waals surface area contributed by atoms with Gasteiger partial charge in [-0.25, -0.2) is 9.36 Å². The van der Waals surface area contributed by atoms with Crippen LogP contribution in [-0.2, 0) is 25.8 Å². The fourth-order valence-corrected chi connectivity index (χ4v) is 5.75. The molecule has 0 aliphatic carbocycles. The number of nitrogens with one attached hydrogen (secondary N) is 1. The van der Waals surface area contributed by atoms with Crippen molar-refractivity contribution in [2.75, 3.05) is 18.1 Å². The van der Waals surface area contributed by atoms with Gasteiger partial charge in [-0.3, -0.25) is 14.5 Å². The zero-order valence-corrected chi connectivity index (χ0v) is 21.0. The monoisotopic (exact) mass is 584 g/mol. The first-order chi connectivity index (χ1) is 18.5. The van der Waals surface area contributed by atoms with Crippen molar-refractivity contribution >= 4 is 57.6 Å². The van der Waals surface area contributed by atoms with Gasteiger partial charge in [0.25, 0.3) is 11.8 Å². The van der Waals surface area contributed by atoms with Crippen molar-refractivity contribution in [1.29, 1.82) is 0 Å². The van der Waals surface area contributed by atoms with Crippen molar-refractivity contribution in [3.05, 3.63) is 47.8 Å². The van der Waals surface area contributed by atoms with Crippen molar-refractivity contribution in [2.45, 2.75) is 24.1 Å². The van der Waals surface area contributed by atoms with Crippen LogP contribution in [0.1, 0.15) is 5.82 Å². The number of fused-ring (bicyclic) bond motifs is 2. The maximum Gasteiger partial charge on any atom is 0.425 e. The number of nitrogen functional groups attached to an aromatic ring is 1. The minimum absolute atomic E-state index is 0.0801. The first-order valence-corrected chi connectivity index (χ1v) is 12.7. The molecule has 0 saturated carbocycles. The molecule has 1 saturated heterocycles. The number of carbonyl (C=O) groups is 3. The highest BCUT2D eigenvalue weighted by Crippen LogP contribution is 2.40. The van der Waals surface area contributed by atoms with Gasteiger partial charge in [-0.1, -0.05) is 10.3 Å². The number of carbonyl (C=O) groups excluding carboxylic acids is 2. The Morgan fingerprint density at radius 1 is 1.38 bits per heavy atom. The van der Waals surface area contributed by atoms with E-state index in [9.17, 15) is 32.7 Å². The quantitative estimate of drug-likeness (QED) is 0.139. The number of anilines is 1. The Hall–Kier alpha value is -4.26. The third kappa shape index (κ3) is 5.21. The molecule has 2 aliphatic heterocycles. The van der Waals surface area contributed by atoms with Gasteiger partial charge in [0, 0.05) is 28.9 Å². The van der Waals surface area contributed by atoms with E-state index in [0.717, 1.165) is 4.90 Å². The number of carboxylic acids is 1. The van der Waals surface area contributed by atoms with Crippen LogP contribution in [0.4, 0.5) is 18.3 Å². The van der Waals surface area contributed by atoms with Crippen molar-refractivity contribution in [3.63, 3.8) is 0 Å². The van der Waals surface area contributed by atoms with Gasteiger partial charge >= 0.3 is 17.8 Å². The second kappa shape index (κ2) is 10.1.